The fraction of sp³-hybridized carbons (Fsp3) is 0.833. The number of nitrogens with one attached hydrogen (secondary N) is 1. The van der Waals surface area contributed by atoms with Crippen LogP contribution in [0.5, 0.6) is 0 Å². The Bertz CT molecular complexity index is 262. The topological polar surface area (TPSA) is 15.3 Å². The van der Waals surface area contributed by atoms with Gasteiger partial charge in [0.2, 0.25) is 0 Å². The van der Waals surface area contributed by atoms with Crippen LogP contribution in [0.25, 0.3) is 0 Å². The van der Waals surface area contributed by atoms with Gasteiger partial charge in [0.15, 0.2) is 0 Å². The number of hydrogen-bond donors (Lipinski definition) is 1. The highest BCUT2D eigenvalue weighted by molar-refractivity contribution is 5.85. The molecule has 0 aromatic heterocycles. The monoisotopic (exact) mass is 264 g/mol. The summed E-state index contributed by atoms with van der Waals surface area (Å²) in [6, 6.07) is 0. The van der Waals surface area contributed by atoms with Gasteiger partial charge in [-0.15, -0.1) is 24.8 Å². The summed E-state index contributed by atoms with van der Waals surface area (Å²) in [5.41, 5.74) is 0.630. The van der Waals surface area contributed by atoms with Crippen molar-refractivity contribution < 1.29 is 0 Å². The third kappa shape index (κ3) is 3.82. The lowest BCUT2D eigenvalue weighted by Crippen LogP contribution is -2.29. The van der Waals surface area contributed by atoms with Crippen LogP contribution in [-0.2, 0) is 0 Å². The van der Waals surface area contributed by atoms with Crippen molar-refractivity contribution in [2.75, 3.05) is 33.7 Å². The van der Waals surface area contributed by atoms with Gasteiger partial charge < -0.3 is 5.32 Å². The zero-order chi connectivity index (χ0) is 10.0. The Kier molecular flexibility index (Phi) is 6.74. The van der Waals surface area contributed by atoms with Gasteiger partial charge in [-0.1, -0.05) is 11.8 Å². The van der Waals surface area contributed by atoms with Gasteiger partial charge in [-0.3, -0.25) is 4.90 Å². The smallest absolute Gasteiger partial charge is 0.0596 e. The third-order valence-electron chi connectivity index (χ3n) is 3.46. The molecule has 4 heteroatoms. The number of nitrogens with zero attached hydrogens (tertiary/aromatic N) is 1. The second-order valence-electron chi connectivity index (χ2n) is 4.93. The second kappa shape index (κ2) is 6.71. The minimum atomic E-state index is 0. The molecule has 0 bridgehead atoms. The number of halogens is 2. The van der Waals surface area contributed by atoms with Crippen LogP contribution >= 0.6 is 24.8 Å². The molecule has 2 aliphatic rings. The lowest BCUT2D eigenvalue weighted by molar-refractivity contribution is 0.339. The summed E-state index contributed by atoms with van der Waals surface area (Å²) in [5, 5.41) is 3.42. The molecule has 0 aromatic carbocycles. The molecule has 0 amide bonds. The van der Waals surface area contributed by atoms with Crippen LogP contribution in [0.2, 0.25) is 0 Å². The van der Waals surface area contributed by atoms with E-state index in [4.69, 9.17) is 0 Å². The zero-order valence-corrected chi connectivity index (χ0v) is 11.7. The number of piperidine rings is 1. The van der Waals surface area contributed by atoms with Gasteiger partial charge in [0, 0.05) is 5.92 Å². The van der Waals surface area contributed by atoms with E-state index < -0.39 is 0 Å². The first-order valence-electron chi connectivity index (χ1n) is 5.57. The molecule has 0 aromatic rings. The van der Waals surface area contributed by atoms with E-state index >= 15 is 0 Å². The number of rotatable bonds is 1. The minimum absolute atomic E-state index is 0. The lowest BCUT2D eigenvalue weighted by atomic mass is 9.92. The first-order chi connectivity index (χ1) is 6.73. The molecule has 1 heterocycles. The van der Waals surface area contributed by atoms with E-state index in [9.17, 15) is 0 Å². The molecular weight excluding hydrogens is 243 g/mol. The van der Waals surface area contributed by atoms with Crippen molar-refractivity contribution in [1.29, 1.82) is 0 Å². The van der Waals surface area contributed by atoms with E-state index in [2.05, 4.69) is 36.2 Å². The van der Waals surface area contributed by atoms with Crippen molar-refractivity contribution in [2.45, 2.75) is 19.3 Å². The van der Waals surface area contributed by atoms with Crippen LogP contribution in [-0.4, -0.2) is 38.6 Å². The molecule has 2 fully saturated rings. The summed E-state index contributed by atoms with van der Waals surface area (Å²) in [4.78, 5) is 2.13. The van der Waals surface area contributed by atoms with Crippen molar-refractivity contribution in [1.82, 2.24) is 10.2 Å². The highest BCUT2D eigenvalue weighted by Gasteiger charge is 2.52. The van der Waals surface area contributed by atoms with E-state index in [1.165, 1.54) is 32.4 Å². The van der Waals surface area contributed by atoms with Crippen LogP contribution in [0.4, 0.5) is 0 Å². The van der Waals surface area contributed by atoms with Crippen molar-refractivity contribution in [3.63, 3.8) is 0 Å². The van der Waals surface area contributed by atoms with Gasteiger partial charge in [-0.2, -0.15) is 0 Å². The molecule has 1 saturated carbocycles. The van der Waals surface area contributed by atoms with E-state index in [-0.39, 0.29) is 24.8 Å². The summed E-state index contributed by atoms with van der Waals surface area (Å²) in [6.07, 6.45) is 4.04. The molecule has 2 rings (SSSR count). The van der Waals surface area contributed by atoms with Gasteiger partial charge in [0.25, 0.3) is 0 Å². The summed E-state index contributed by atoms with van der Waals surface area (Å²) in [7, 11) is 4.14. The minimum Gasteiger partial charge on any atom is -0.317 e. The highest BCUT2D eigenvalue weighted by atomic mass is 35.5. The molecule has 94 valence electrons. The molecule has 16 heavy (non-hydrogen) atoms. The second-order valence-corrected chi connectivity index (χ2v) is 4.93. The zero-order valence-electron chi connectivity index (χ0n) is 10.1. The molecule has 0 radical (unpaired) electrons. The predicted molar refractivity (Wildman–Crippen MR) is 73.5 cm³/mol. The summed E-state index contributed by atoms with van der Waals surface area (Å²) in [6.45, 7) is 3.31. The molecule has 1 unspecified atom stereocenters. The van der Waals surface area contributed by atoms with Gasteiger partial charge in [0.05, 0.1) is 6.54 Å². The van der Waals surface area contributed by atoms with Crippen LogP contribution in [0.1, 0.15) is 19.3 Å². The molecule has 2 nitrogen and oxygen atoms in total. The van der Waals surface area contributed by atoms with Crippen LogP contribution in [0, 0.1) is 23.2 Å². The Morgan fingerprint density at radius 1 is 1.25 bits per heavy atom. The van der Waals surface area contributed by atoms with E-state index in [0.29, 0.717) is 11.3 Å². The molecule has 1 aliphatic carbocycles. The quantitative estimate of drug-likeness (QED) is 0.727. The first kappa shape index (κ1) is 16.1. The predicted octanol–water partition coefficient (Wildman–Crippen LogP) is 1.78. The Morgan fingerprint density at radius 2 is 1.88 bits per heavy atom. The van der Waals surface area contributed by atoms with E-state index in [1.807, 2.05) is 0 Å². The van der Waals surface area contributed by atoms with Crippen molar-refractivity contribution in [3.05, 3.63) is 0 Å². The molecule has 1 aliphatic heterocycles. The normalized spacial score (nSPS) is 25.1. The SMILES string of the molecule is CN(C)CC#CC1CC12CCNCC2.Cl.Cl. The Morgan fingerprint density at radius 3 is 2.44 bits per heavy atom. The standard InChI is InChI=1S/C12H20N2.2ClH/c1-14(2)9-3-4-11-10-12(11)5-7-13-8-6-12;;/h11,13H,5-10H2,1-2H3;2*1H. The summed E-state index contributed by atoms with van der Waals surface area (Å²) >= 11 is 0. The Hall–Kier alpha value is 0.0600. The maximum absolute atomic E-state index is 3.43. The summed E-state index contributed by atoms with van der Waals surface area (Å²) in [5.74, 6) is 7.42. The van der Waals surface area contributed by atoms with Gasteiger partial charge >= 0.3 is 0 Å². The van der Waals surface area contributed by atoms with E-state index in [1.54, 1.807) is 0 Å². The maximum atomic E-state index is 3.43. The average Bonchev–Trinajstić information content (AvgIpc) is 2.79. The van der Waals surface area contributed by atoms with Crippen molar-refractivity contribution >= 4 is 24.8 Å². The molecule has 1 N–H and O–H groups in total. The lowest BCUT2D eigenvalue weighted by Gasteiger charge is -2.22. The van der Waals surface area contributed by atoms with Crippen LogP contribution < -0.4 is 5.32 Å². The van der Waals surface area contributed by atoms with Gasteiger partial charge in [0.1, 0.15) is 0 Å². The van der Waals surface area contributed by atoms with Gasteiger partial charge in [-0.25, -0.2) is 0 Å². The maximum Gasteiger partial charge on any atom is 0.0596 e. The van der Waals surface area contributed by atoms with Crippen LogP contribution in [0.3, 0.4) is 0 Å². The van der Waals surface area contributed by atoms with E-state index in [0.717, 1.165) is 6.54 Å². The fourth-order valence-corrected chi connectivity index (χ4v) is 2.36. The Labute approximate surface area is 111 Å². The average molecular weight is 265 g/mol. The fourth-order valence-electron chi connectivity index (χ4n) is 2.36. The first-order valence-corrected chi connectivity index (χ1v) is 5.57. The largest absolute Gasteiger partial charge is 0.317 e. The molecule has 1 saturated heterocycles. The molecular formula is C12H22Cl2N2. The van der Waals surface area contributed by atoms with Crippen molar-refractivity contribution in [3.8, 4) is 11.8 Å². The number of hydrogen-bond acceptors (Lipinski definition) is 2. The molecule has 1 spiro atoms. The highest BCUT2D eigenvalue weighted by Crippen LogP contribution is 2.58. The van der Waals surface area contributed by atoms with Crippen LogP contribution in [0.15, 0.2) is 0 Å². The van der Waals surface area contributed by atoms with Gasteiger partial charge in [-0.05, 0) is 51.9 Å². The third-order valence-corrected chi connectivity index (χ3v) is 3.46. The molecule has 1 atom stereocenters. The summed E-state index contributed by atoms with van der Waals surface area (Å²) < 4.78 is 0. The Balaban J connectivity index is 0.00000112. The van der Waals surface area contributed by atoms with Crippen molar-refractivity contribution in [2.24, 2.45) is 11.3 Å².